The van der Waals surface area contributed by atoms with Gasteiger partial charge in [0.2, 0.25) is 5.91 Å². The highest BCUT2D eigenvalue weighted by molar-refractivity contribution is 5.86. The standard InChI is InChI=1S/C12H20N2O/c1-5-10(3)14(4)11(15)12(8-13)6-9(2)7-12/h9-10H,5-7H2,1-4H3. The minimum absolute atomic E-state index is 0.0115. The number of nitriles is 1. The molecule has 0 aliphatic heterocycles. The van der Waals surface area contributed by atoms with Crippen molar-refractivity contribution in [3.05, 3.63) is 0 Å². The maximum atomic E-state index is 12.1. The molecule has 3 nitrogen and oxygen atoms in total. The monoisotopic (exact) mass is 208 g/mol. The number of carbonyl (C=O) groups excluding carboxylic acids is 1. The summed E-state index contributed by atoms with van der Waals surface area (Å²) in [5.41, 5.74) is -0.711. The van der Waals surface area contributed by atoms with Crippen LogP contribution in [0.3, 0.4) is 0 Å². The zero-order valence-electron chi connectivity index (χ0n) is 10.1. The van der Waals surface area contributed by atoms with Crippen molar-refractivity contribution in [2.24, 2.45) is 11.3 Å². The summed E-state index contributed by atoms with van der Waals surface area (Å²) in [5.74, 6) is 0.524. The molecular formula is C12H20N2O. The Kier molecular flexibility index (Phi) is 3.38. The van der Waals surface area contributed by atoms with E-state index in [0.717, 1.165) is 19.3 Å². The van der Waals surface area contributed by atoms with E-state index in [4.69, 9.17) is 5.26 Å². The van der Waals surface area contributed by atoms with Crippen LogP contribution < -0.4 is 0 Å². The van der Waals surface area contributed by atoms with Crippen LogP contribution >= 0.6 is 0 Å². The van der Waals surface area contributed by atoms with Gasteiger partial charge < -0.3 is 4.90 Å². The molecule has 15 heavy (non-hydrogen) atoms. The molecule has 0 aromatic carbocycles. The molecule has 1 atom stereocenters. The quantitative estimate of drug-likeness (QED) is 0.713. The molecule has 1 fully saturated rings. The molecule has 3 heteroatoms. The van der Waals surface area contributed by atoms with Gasteiger partial charge in [-0.25, -0.2) is 0 Å². The minimum atomic E-state index is -0.711. The first kappa shape index (κ1) is 12.0. The Labute approximate surface area is 92.1 Å². The van der Waals surface area contributed by atoms with Crippen LogP contribution in [0, 0.1) is 22.7 Å². The Bertz CT molecular complexity index is 286. The highest BCUT2D eigenvalue weighted by atomic mass is 16.2. The number of nitrogens with zero attached hydrogens (tertiary/aromatic N) is 2. The van der Waals surface area contributed by atoms with E-state index in [0.29, 0.717) is 5.92 Å². The fourth-order valence-electron chi connectivity index (χ4n) is 2.26. The molecule has 1 rings (SSSR count). The number of hydrogen-bond donors (Lipinski definition) is 0. The summed E-state index contributed by atoms with van der Waals surface area (Å²) in [5, 5.41) is 9.13. The lowest BCUT2D eigenvalue weighted by Gasteiger charge is -2.42. The van der Waals surface area contributed by atoms with Crippen molar-refractivity contribution >= 4 is 5.91 Å². The van der Waals surface area contributed by atoms with Crippen molar-refractivity contribution in [2.45, 2.75) is 46.1 Å². The summed E-state index contributed by atoms with van der Waals surface area (Å²) in [7, 11) is 1.80. The topological polar surface area (TPSA) is 44.1 Å². The lowest BCUT2D eigenvalue weighted by atomic mass is 9.62. The van der Waals surface area contributed by atoms with E-state index in [2.05, 4.69) is 19.9 Å². The molecule has 84 valence electrons. The van der Waals surface area contributed by atoms with E-state index in [1.165, 1.54) is 0 Å². The normalized spacial score (nSPS) is 31.3. The van der Waals surface area contributed by atoms with Gasteiger partial charge in [0.25, 0.3) is 0 Å². The Balaban J connectivity index is 2.72. The highest BCUT2D eigenvalue weighted by Crippen LogP contribution is 2.46. The third kappa shape index (κ3) is 1.99. The predicted molar refractivity (Wildman–Crippen MR) is 59.0 cm³/mol. The van der Waals surface area contributed by atoms with E-state index >= 15 is 0 Å². The molecule has 0 N–H and O–H groups in total. The molecule has 0 heterocycles. The van der Waals surface area contributed by atoms with Gasteiger partial charge in [0.1, 0.15) is 5.41 Å². The van der Waals surface area contributed by atoms with E-state index in [1.807, 2.05) is 6.92 Å². The number of carbonyl (C=O) groups is 1. The summed E-state index contributed by atoms with van der Waals surface area (Å²) in [6.45, 7) is 6.16. The van der Waals surface area contributed by atoms with Gasteiger partial charge in [0.05, 0.1) is 6.07 Å². The molecule has 1 unspecified atom stereocenters. The lowest BCUT2D eigenvalue weighted by molar-refractivity contribution is -0.145. The number of amides is 1. The Morgan fingerprint density at radius 3 is 2.53 bits per heavy atom. The van der Waals surface area contributed by atoms with Gasteiger partial charge >= 0.3 is 0 Å². The largest absolute Gasteiger partial charge is 0.342 e. The maximum Gasteiger partial charge on any atom is 0.243 e. The maximum absolute atomic E-state index is 12.1. The van der Waals surface area contributed by atoms with Gasteiger partial charge in [-0.2, -0.15) is 5.26 Å². The van der Waals surface area contributed by atoms with Crippen molar-refractivity contribution in [3.63, 3.8) is 0 Å². The van der Waals surface area contributed by atoms with Crippen LogP contribution in [0.15, 0.2) is 0 Å². The van der Waals surface area contributed by atoms with Crippen molar-refractivity contribution < 1.29 is 4.79 Å². The van der Waals surface area contributed by atoms with Crippen molar-refractivity contribution in [1.82, 2.24) is 4.90 Å². The zero-order chi connectivity index (χ0) is 11.6. The van der Waals surface area contributed by atoms with Crippen LogP contribution in [0.5, 0.6) is 0 Å². The molecule has 1 aliphatic carbocycles. The van der Waals surface area contributed by atoms with Gasteiger partial charge in [0, 0.05) is 13.1 Å². The molecule has 0 aromatic heterocycles. The average molecular weight is 208 g/mol. The molecular weight excluding hydrogens is 188 g/mol. The zero-order valence-corrected chi connectivity index (χ0v) is 10.1. The second-order valence-corrected chi connectivity index (χ2v) is 4.88. The Morgan fingerprint density at radius 1 is 1.67 bits per heavy atom. The summed E-state index contributed by atoms with van der Waals surface area (Å²) in [6, 6.07) is 2.43. The van der Waals surface area contributed by atoms with Gasteiger partial charge in [-0.1, -0.05) is 13.8 Å². The van der Waals surface area contributed by atoms with Crippen LogP contribution in [-0.2, 0) is 4.79 Å². The van der Waals surface area contributed by atoms with Crippen molar-refractivity contribution in [2.75, 3.05) is 7.05 Å². The number of hydrogen-bond acceptors (Lipinski definition) is 2. The van der Waals surface area contributed by atoms with Gasteiger partial charge in [-0.05, 0) is 32.1 Å². The second-order valence-electron chi connectivity index (χ2n) is 4.88. The molecule has 0 bridgehead atoms. The van der Waals surface area contributed by atoms with Crippen LogP contribution in [0.2, 0.25) is 0 Å². The summed E-state index contributed by atoms with van der Waals surface area (Å²) in [6.07, 6.45) is 2.38. The van der Waals surface area contributed by atoms with E-state index in [9.17, 15) is 4.79 Å². The summed E-state index contributed by atoms with van der Waals surface area (Å²) in [4.78, 5) is 13.9. The molecule has 1 aliphatic rings. The Hall–Kier alpha value is -1.04. The van der Waals surface area contributed by atoms with Crippen LogP contribution in [0.4, 0.5) is 0 Å². The predicted octanol–water partition coefficient (Wildman–Crippen LogP) is 2.18. The molecule has 0 aromatic rings. The van der Waals surface area contributed by atoms with Gasteiger partial charge in [0.15, 0.2) is 0 Å². The van der Waals surface area contributed by atoms with E-state index in [-0.39, 0.29) is 11.9 Å². The summed E-state index contributed by atoms with van der Waals surface area (Å²) >= 11 is 0. The summed E-state index contributed by atoms with van der Waals surface area (Å²) < 4.78 is 0. The van der Waals surface area contributed by atoms with E-state index < -0.39 is 5.41 Å². The molecule has 0 spiro atoms. The van der Waals surface area contributed by atoms with E-state index in [1.54, 1.807) is 11.9 Å². The first-order valence-electron chi connectivity index (χ1n) is 5.65. The fourth-order valence-corrected chi connectivity index (χ4v) is 2.26. The average Bonchev–Trinajstić information content (AvgIpc) is 2.21. The first-order valence-corrected chi connectivity index (χ1v) is 5.65. The smallest absolute Gasteiger partial charge is 0.243 e. The second kappa shape index (κ2) is 4.22. The van der Waals surface area contributed by atoms with Crippen LogP contribution in [0.25, 0.3) is 0 Å². The van der Waals surface area contributed by atoms with Gasteiger partial charge in [-0.15, -0.1) is 0 Å². The van der Waals surface area contributed by atoms with Crippen LogP contribution in [-0.4, -0.2) is 23.9 Å². The van der Waals surface area contributed by atoms with Crippen molar-refractivity contribution in [3.8, 4) is 6.07 Å². The molecule has 1 amide bonds. The fraction of sp³-hybridized carbons (Fsp3) is 0.833. The third-order valence-electron chi connectivity index (χ3n) is 3.59. The van der Waals surface area contributed by atoms with Crippen LogP contribution in [0.1, 0.15) is 40.0 Å². The number of rotatable bonds is 3. The van der Waals surface area contributed by atoms with Crippen molar-refractivity contribution in [1.29, 1.82) is 5.26 Å². The minimum Gasteiger partial charge on any atom is -0.342 e. The molecule has 0 radical (unpaired) electrons. The lowest BCUT2D eigenvalue weighted by Crippen LogP contribution is -2.51. The Morgan fingerprint density at radius 2 is 2.20 bits per heavy atom. The first-order chi connectivity index (χ1) is 6.96. The highest BCUT2D eigenvalue weighted by Gasteiger charge is 2.50. The molecule has 1 saturated carbocycles. The third-order valence-corrected chi connectivity index (χ3v) is 3.59. The SMILES string of the molecule is CCC(C)N(C)C(=O)C1(C#N)CC(C)C1. The molecule has 0 saturated heterocycles. The van der Waals surface area contributed by atoms with Gasteiger partial charge in [-0.3, -0.25) is 4.79 Å².